The summed E-state index contributed by atoms with van der Waals surface area (Å²) in [5, 5.41) is 0. The maximum atomic E-state index is 11.8. The Morgan fingerprint density at radius 2 is 2.04 bits per heavy atom. The van der Waals surface area contributed by atoms with Crippen LogP contribution < -0.4 is 9.47 Å². The fourth-order valence-corrected chi connectivity index (χ4v) is 4.88. The van der Waals surface area contributed by atoms with Gasteiger partial charge in [-0.2, -0.15) is 0 Å². The lowest BCUT2D eigenvalue weighted by molar-refractivity contribution is -0.115. The van der Waals surface area contributed by atoms with Gasteiger partial charge >= 0.3 is 0 Å². The van der Waals surface area contributed by atoms with Gasteiger partial charge in [-0.15, -0.1) is 0 Å². The van der Waals surface area contributed by atoms with Gasteiger partial charge in [0.05, 0.1) is 14.2 Å². The molecule has 0 bridgehead atoms. The molecule has 0 unspecified atom stereocenters. The Labute approximate surface area is 143 Å². The van der Waals surface area contributed by atoms with E-state index < -0.39 is 0 Å². The highest BCUT2D eigenvalue weighted by Gasteiger charge is 2.45. The van der Waals surface area contributed by atoms with Gasteiger partial charge in [0.25, 0.3) is 0 Å². The molecule has 1 heterocycles. The zero-order valence-electron chi connectivity index (χ0n) is 14.7. The second-order valence-corrected chi connectivity index (χ2v) is 7.30. The van der Waals surface area contributed by atoms with E-state index >= 15 is 0 Å². The first-order valence-electron chi connectivity index (χ1n) is 8.80. The lowest BCUT2D eigenvalue weighted by Crippen LogP contribution is -2.42. The minimum Gasteiger partial charge on any atom is -0.493 e. The van der Waals surface area contributed by atoms with Crippen molar-refractivity contribution in [2.45, 2.75) is 43.6 Å². The predicted octanol–water partition coefficient (Wildman–Crippen LogP) is 3.18. The topological polar surface area (TPSA) is 38.8 Å². The van der Waals surface area contributed by atoms with Crippen molar-refractivity contribution in [2.24, 2.45) is 0 Å². The smallest absolute Gasteiger partial charge is 0.165 e. The molecule has 1 aromatic rings. The van der Waals surface area contributed by atoms with Gasteiger partial charge in [-0.25, -0.2) is 0 Å². The van der Waals surface area contributed by atoms with Crippen molar-refractivity contribution in [1.29, 1.82) is 0 Å². The molecule has 2 atom stereocenters. The molecule has 2 aliphatic carbocycles. The van der Waals surface area contributed by atoms with E-state index in [2.05, 4.69) is 24.1 Å². The number of ketones is 1. The van der Waals surface area contributed by atoms with E-state index in [0.717, 1.165) is 43.7 Å². The number of hydrogen-bond donors (Lipinski definition) is 0. The van der Waals surface area contributed by atoms with Crippen LogP contribution in [0.5, 0.6) is 11.5 Å². The van der Waals surface area contributed by atoms with E-state index in [9.17, 15) is 4.79 Å². The molecule has 0 fully saturated rings. The Hall–Kier alpha value is -1.81. The van der Waals surface area contributed by atoms with Crippen molar-refractivity contribution in [2.75, 3.05) is 27.8 Å². The molecule has 0 N–H and O–H groups in total. The molecular weight excluding hydrogens is 302 g/mol. The van der Waals surface area contributed by atoms with Crippen molar-refractivity contribution in [1.82, 2.24) is 4.90 Å². The molecule has 0 saturated heterocycles. The quantitative estimate of drug-likeness (QED) is 0.836. The van der Waals surface area contributed by atoms with Crippen LogP contribution in [0, 0.1) is 0 Å². The number of rotatable bonds is 2. The van der Waals surface area contributed by atoms with Crippen molar-refractivity contribution >= 4 is 5.78 Å². The Kier molecular flexibility index (Phi) is 3.68. The summed E-state index contributed by atoms with van der Waals surface area (Å²) in [4.78, 5) is 14.2. The normalized spacial score (nSPS) is 28.8. The zero-order chi connectivity index (χ0) is 16.9. The van der Waals surface area contributed by atoms with Gasteiger partial charge in [0.1, 0.15) is 0 Å². The van der Waals surface area contributed by atoms with Crippen LogP contribution in [0.4, 0.5) is 0 Å². The van der Waals surface area contributed by atoms with Crippen LogP contribution in [0.15, 0.2) is 18.2 Å². The molecule has 1 spiro atoms. The van der Waals surface area contributed by atoms with Crippen molar-refractivity contribution < 1.29 is 14.3 Å². The predicted molar refractivity (Wildman–Crippen MR) is 92.9 cm³/mol. The summed E-state index contributed by atoms with van der Waals surface area (Å²) in [5.74, 6) is 1.91. The number of fused-ring (bicyclic) bond motifs is 1. The molecule has 3 aliphatic rings. The number of benzene rings is 1. The number of likely N-dealkylation sites (N-methyl/N-ethyl adjacent to an activating group) is 1. The van der Waals surface area contributed by atoms with Crippen LogP contribution in [0.2, 0.25) is 0 Å². The van der Waals surface area contributed by atoms with Crippen molar-refractivity contribution in [3.8, 4) is 11.5 Å². The Morgan fingerprint density at radius 1 is 1.21 bits per heavy atom. The third-order valence-electron chi connectivity index (χ3n) is 6.16. The summed E-state index contributed by atoms with van der Waals surface area (Å²) in [7, 11) is 5.65. The standard InChI is InChI=1S/C20H25NO3/c1-21-11-7-13-12-16(23-2)19(24-3)18-17(13)15(21)6-10-20(18)8-4-14(22)5-9-20/h4,8,12,15H,5-7,9-11H2,1-3H3/t15-,20+/m1/s1. The van der Waals surface area contributed by atoms with Crippen molar-refractivity contribution in [3.63, 3.8) is 0 Å². The van der Waals surface area contributed by atoms with Gasteiger partial charge < -0.3 is 9.47 Å². The number of ether oxygens (including phenoxy) is 2. The molecule has 1 aliphatic heterocycles. The molecule has 4 rings (SSSR count). The molecule has 1 aromatic carbocycles. The molecule has 0 aromatic heterocycles. The third kappa shape index (κ3) is 2.12. The van der Waals surface area contributed by atoms with Crippen LogP contribution in [-0.2, 0) is 16.6 Å². The third-order valence-corrected chi connectivity index (χ3v) is 6.16. The molecular formula is C20H25NO3. The SMILES string of the molecule is COc1cc2c3c(c1OC)[C@]1(C=CC(=O)CC1)CC[C@H]3N(C)CC2. The van der Waals surface area contributed by atoms with E-state index in [1.165, 1.54) is 16.7 Å². The number of nitrogens with zero attached hydrogens (tertiary/aromatic N) is 1. The zero-order valence-corrected chi connectivity index (χ0v) is 14.7. The number of methoxy groups -OCH3 is 2. The second kappa shape index (κ2) is 5.62. The summed E-state index contributed by atoms with van der Waals surface area (Å²) >= 11 is 0. The summed E-state index contributed by atoms with van der Waals surface area (Å²) in [6, 6.07) is 2.61. The molecule has 128 valence electrons. The first-order chi connectivity index (χ1) is 11.6. The van der Waals surface area contributed by atoms with E-state index in [-0.39, 0.29) is 11.2 Å². The summed E-state index contributed by atoms with van der Waals surface area (Å²) < 4.78 is 11.5. The Bertz CT molecular complexity index is 724. The van der Waals surface area contributed by atoms with Crippen LogP contribution in [0.1, 0.15) is 48.4 Å². The summed E-state index contributed by atoms with van der Waals surface area (Å²) in [6.07, 6.45) is 8.63. The largest absolute Gasteiger partial charge is 0.493 e. The van der Waals surface area contributed by atoms with Gasteiger partial charge in [-0.3, -0.25) is 9.69 Å². The Morgan fingerprint density at radius 3 is 2.71 bits per heavy atom. The van der Waals surface area contributed by atoms with Crippen LogP contribution in [0.3, 0.4) is 0 Å². The second-order valence-electron chi connectivity index (χ2n) is 7.30. The first-order valence-corrected chi connectivity index (χ1v) is 8.80. The van der Waals surface area contributed by atoms with Gasteiger partial charge in [0.2, 0.25) is 0 Å². The van der Waals surface area contributed by atoms with E-state index in [1.807, 2.05) is 0 Å². The van der Waals surface area contributed by atoms with E-state index in [4.69, 9.17) is 9.47 Å². The number of carbonyl (C=O) groups is 1. The van der Waals surface area contributed by atoms with Gasteiger partial charge in [0.15, 0.2) is 17.3 Å². The monoisotopic (exact) mass is 327 g/mol. The first kappa shape index (κ1) is 15.7. The average molecular weight is 327 g/mol. The number of carbonyl (C=O) groups excluding carboxylic acids is 1. The molecule has 0 amide bonds. The van der Waals surface area contributed by atoms with E-state index in [0.29, 0.717) is 12.5 Å². The van der Waals surface area contributed by atoms with Crippen molar-refractivity contribution in [3.05, 3.63) is 34.9 Å². The molecule has 4 heteroatoms. The summed E-state index contributed by atoms with van der Waals surface area (Å²) in [5.41, 5.74) is 3.99. The summed E-state index contributed by atoms with van der Waals surface area (Å²) in [6.45, 7) is 1.08. The maximum absolute atomic E-state index is 11.8. The van der Waals surface area contributed by atoms with Gasteiger partial charge in [-0.1, -0.05) is 6.08 Å². The molecule has 0 radical (unpaired) electrons. The lowest BCUT2D eigenvalue weighted by Gasteiger charge is -2.47. The molecule has 4 nitrogen and oxygen atoms in total. The Balaban J connectivity index is 2.01. The highest BCUT2D eigenvalue weighted by Crippen LogP contribution is 2.56. The van der Waals surface area contributed by atoms with Crippen LogP contribution >= 0.6 is 0 Å². The number of hydrogen-bond acceptors (Lipinski definition) is 4. The van der Waals surface area contributed by atoms with E-state index in [1.54, 1.807) is 20.3 Å². The van der Waals surface area contributed by atoms with Gasteiger partial charge in [0, 0.05) is 30.0 Å². The van der Waals surface area contributed by atoms with Gasteiger partial charge in [-0.05, 0) is 56.0 Å². The van der Waals surface area contributed by atoms with Crippen LogP contribution in [0.25, 0.3) is 0 Å². The number of allylic oxidation sites excluding steroid dienone is 2. The highest BCUT2D eigenvalue weighted by atomic mass is 16.5. The minimum absolute atomic E-state index is 0.0907. The van der Waals surface area contributed by atoms with Crippen LogP contribution in [-0.4, -0.2) is 38.5 Å². The molecule has 0 saturated carbocycles. The average Bonchev–Trinajstić information content (AvgIpc) is 2.61. The lowest BCUT2D eigenvalue weighted by atomic mass is 9.62. The fourth-order valence-electron chi connectivity index (χ4n) is 4.88. The maximum Gasteiger partial charge on any atom is 0.165 e. The highest BCUT2D eigenvalue weighted by molar-refractivity contribution is 5.91. The fraction of sp³-hybridized carbons (Fsp3) is 0.550. The minimum atomic E-state index is -0.0907. The molecule has 24 heavy (non-hydrogen) atoms.